The molecule has 0 N–H and O–H groups in total. The second-order valence-corrected chi connectivity index (χ2v) is 10.1. The average molecular weight is 422 g/mol. The number of ether oxygens (including phenoxy) is 2. The number of rotatable bonds is 6. The molecule has 2 bridgehead atoms. The molecular formula is C26H31NO4. The normalized spacial score (nSPS) is 24.0. The smallest absolute Gasteiger partial charge is 0.339 e. The molecule has 2 atom stereocenters. The van der Waals surface area contributed by atoms with Gasteiger partial charge < -0.3 is 14.4 Å². The van der Waals surface area contributed by atoms with Crippen LogP contribution < -0.4 is 4.74 Å². The maximum atomic E-state index is 12.9. The van der Waals surface area contributed by atoms with Crippen LogP contribution in [0.25, 0.3) is 0 Å². The molecular weight excluding hydrogens is 390 g/mol. The second kappa shape index (κ2) is 8.37. The molecule has 4 rings (SSSR count). The zero-order valence-electron chi connectivity index (χ0n) is 18.6. The maximum absolute atomic E-state index is 12.9. The first-order valence-electron chi connectivity index (χ1n) is 11.0. The van der Waals surface area contributed by atoms with Crippen LogP contribution in [0.5, 0.6) is 5.75 Å². The van der Waals surface area contributed by atoms with Crippen molar-refractivity contribution in [2.75, 3.05) is 13.2 Å². The number of nitrogens with zero attached hydrogens (tertiary/aromatic N) is 1. The molecule has 1 saturated heterocycles. The van der Waals surface area contributed by atoms with Gasteiger partial charge in [0.15, 0.2) is 6.61 Å². The van der Waals surface area contributed by atoms with E-state index in [0.29, 0.717) is 5.56 Å². The number of esters is 1. The average Bonchev–Trinajstić information content (AvgIpc) is 3.00. The molecule has 0 radical (unpaired) electrons. The van der Waals surface area contributed by atoms with Gasteiger partial charge in [0.25, 0.3) is 5.91 Å². The fourth-order valence-electron chi connectivity index (χ4n) is 5.56. The Hall–Kier alpha value is -2.82. The number of fused-ring (bicyclic) bond motifs is 2. The van der Waals surface area contributed by atoms with Gasteiger partial charge in [-0.25, -0.2) is 4.79 Å². The highest BCUT2D eigenvalue weighted by Gasteiger charge is 2.50. The lowest BCUT2D eigenvalue weighted by molar-refractivity contribution is -0.135. The minimum absolute atomic E-state index is 0.0993. The quantitative estimate of drug-likeness (QED) is 0.626. The van der Waals surface area contributed by atoms with Gasteiger partial charge in [0.05, 0.1) is 5.56 Å². The summed E-state index contributed by atoms with van der Waals surface area (Å²) in [4.78, 5) is 27.6. The van der Waals surface area contributed by atoms with Crippen molar-refractivity contribution in [3.8, 4) is 5.75 Å². The molecule has 164 valence electrons. The van der Waals surface area contributed by atoms with Crippen LogP contribution >= 0.6 is 0 Å². The van der Waals surface area contributed by atoms with Crippen LogP contribution in [0.4, 0.5) is 0 Å². The third kappa shape index (κ3) is 4.92. The minimum Gasteiger partial charge on any atom is -0.489 e. The molecule has 0 aromatic heterocycles. The predicted octanol–water partition coefficient (Wildman–Crippen LogP) is 4.85. The number of likely N-dealkylation sites (tertiary alicyclic amines) is 1. The van der Waals surface area contributed by atoms with Gasteiger partial charge in [0, 0.05) is 18.2 Å². The fourth-order valence-corrected chi connectivity index (χ4v) is 5.56. The number of para-hydroxylation sites is 1. The standard InChI is InChI=1S/C26H31NO4/c1-25(2)13-20-14-26(3,17-25)18-27(20)23(28)16-31-24(29)22-12-8-7-9-19(22)15-30-21-10-5-4-6-11-21/h4-12,20H,13-18H2,1-3H3/t20-,26-/m0/s1. The van der Waals surface area contributed by atoms with Crippen molar-refractivity contribution in [1.82, 2.24) is 4.90 Å². The van der Waals surface area contributed by atoms with E-state index in [-0.39, 0.29) is 36.0 Å². The van der Waals surface area contributed by atoms with Gasteiger partial charge in [-0.3, -0.25) is 4.79 Å². The Morgan fingerprint density at radius 3 is 2.48 bits per heavy atom. The summed E-state index contributed by atoms with van der Waals surface area (Å²) in [6.45, 7) is 7.60. The van der Waals surface area contributed by atoms with Gasteiger partial charge in [-0.2, -0.15) is 0 Å². The fraction of sp³-hybridized carbons (Fsp3) is 0.462. The van der Waals surface area contributed by atoms with Crippen molar-refractivity contribution in [3.63, 3.8) is 0 Å². The number of carbonyl (C=O) groups excluding carboxylic acids is 2. The summed E-state index contributed by atoms with van der Waals surface area (Å²) in [7, 11) is 0. The Kier molecular flexibility index (Phi) is 5.78. The number of hydrogen-bond acceptors (Lipinski definition) is 4. The zero-order chi connectivity index (χ0) is 22.1. The molecule has 5 heteroatoms. The summed E-state index contributed by atoms with van der Waals surface area (Å²) < 4.78 is 11.2. The highest BCUT2D eigenvalue weighted by Crippen LogP contribution is 2.52. The Morgan fingerprint density at radius 1 is 1.00 bits per heavy atom. The Balaban J connectivity index is 1.37. The van der Waals surface area contributed by atoms with Crippen molar-refractivity contribution in [2.24, 2.45) is 10.8 Å². The summed E-state index contributed by atoms with van der Waals surface area (Å²) in [5, 5.41) is 0. The van der Waals surface area contributed by atoms with E-state index in [1.807, 2.05) is 47.4 Å². The SMILES string of the molecule is CC1(C)C[C@H]2C[C@](C)(CN2C(=O)COC(=O)c2ccccc2COc2ccccc2)C1. The molecule has 2 aliphatic rings. The van der Waals surface area contributed by atoms with Crippen LogP contribution in [0.2, 0.25) is 0 Å². The summed E-state index contributed by atoms with van der Waals surface area (Å²) in [5.74, 6) is 0.143. The third-order valence-electron chi connectivity index (χ3n) is 6.44. The molecule has 1 saturated carbocycles. The summed E-state index contributed by atoms with van der Waals surface area (Å²) in [6.07, 6.45) is 3.16. The lowest BCUT2D eigenvalue weighted by Crippen LogP contribution is -2.39. The topological polar surface area (TPSA) is 55.8 Å². The van der Waals surface area contributed by atoms with Crippen molar-refractivity contribution in [3.05, 3.63) is 65.7 Å². The Labute approximate surface area is 184 Å². The van der Waals surface area contributed by atoms with E-state index in [2.05, 4.69) is 20.8 Å². The molecule has 2 fully saturated rings. The van der Waals surface area contributed by atoms with Gasteiger partial charge >= 0.3 is 5.97 Å². The Bertz CT molecular complexity index is 955. The van der Waals surface area contributed by atoms with Gasteiger partial charge in [-0.15, -0.1) is 0 Å². The van der Waals surface area contributed by atoms with Crippen LogP contribution in [0.3, 0.4) is 0 Å². The highest BCUT2D eigenvalue weighted by atomic mass is 16.5. The molecule has 2 aromatic carbocycles. The van der Waals surface area contributed by atoms with Gasteiger partial charge in [0.2, 0.25) is 0 Å². The van der Waals surface area contributed by atoms with E-state index in [0.717, 1.165) is 37.1 Å². The zero-order valence-corrected chi connectivity index (χ0v) is 18.6. The summed E-state index contributed by atoms with van der Waals surface area (Å²) >= 11 is 0. The third-order valence-corrected chi connectivity index (χ3v) is 6.44. The van der Waals surface area contributed by atoms with Crippen LogP contribution in [0, 0.1) is 10.8 Å². The second-order valence-electron chi connectivity index (χ2n) is 10.1. The number of benzene rings is 2. The summed E-state index contributed by atoms with van der Waals surface area (Å²) in [5.41, 5.74) is 1.56. The number of amides is 1. The van der Waals surface area contributed by atoms with E-state index in [4.69, 9.17) is 9.47 Å². The van der Waals surface area contributed by atoms with E-state index < -0.39 is 5.97 Å². The lowest BCUT2D eigenvalue weighted by atomic mass is 9.65. The molecule has 1 aliphatic heterocycles. The lowest BCUT2D eigenvalue weighted by Gasteiger charge is -2.39. The number of hydrogen-bond donors (Lipinski definition) is 0. The van der Waals surface area contributed by atoms with Crippen molar-refractivity contribution in [2.45, 2.75) is 52.7 Å². The molecule has 0 unspecified atom stereocenters. The number of carbonyl (C=O) groups is 2. The van der Waals surface area contributed by atoms with Crippen LogP contribution in [-0.2, 0) is 16.1 Å². The van der Waals surface area contributed by atoms with Gasteiger partial charge in [-0.1, -0.05) is 57.2 Å². The molecule has 5 nitrogen and oxygen atoms in total. The van der Waals surface area contributed by atoms with Crippen LogP contribution in [0.1, 0.15) is 56.0 Å². The molecule has 1 amide bonds. The van der Waals surface area contributed by atoms with Crippen molar-refractivity contribution >= 4 is 11.9 Å². The van der Waals surface area contributed by atoms with E-state index >= 15 is 0 Å². The minimum atomic E-state index is -0.491. The molecule has 31 heavy (non-hydrogen) atoms. The Morgan fingerprint density at radius 2 is 1.71 bits per heavy atom. The first-order chi connectivity index (χ1) is 14.7. The summed E-state index contributed by atoms with van der Waals surface area (Å²) in [6, 6.07) is 16.9. The molecule has 0 spiro atoms. The van der Waals surface area contributed by atoms with Crippen molar-refractivity contribution < 1.29 is 19.1 Å². The first-order valence-corrected chi connectivity index (χ1v) is 11.0. The molecule has 1 heterocycles. The van der Waals surface area contributed by atoms with Crippen LogP contribution in [0.15, 0.2) is 54.6 Å². The predicted molar refractivity (Wildman–Crippen MR) is 119 cm³/mol. The van der Waals surface area contributed by atoms with Gasteiger partial charge in [-0.05, 0) is 48.3 Å². The maximum Gasteiger partial charge on any atom is 0.339 e. The van der Waals surface area contributed by atoms with Crippen LogP contribution in [-0.4, -0.2) is 36.0 Å². The van der Waals surface area contributed by atoms with E-state index in [9.17, 15) is 9.59 Å². The van der Waals surface area contributed by atoms with Crippen molar-refractivity contribution in [1.29, 1.82) is 0 Å². The molecule has 2 aromatic rings. The highest BCUT2D eigenvalue weighted by molar-refractivity contribution is 5.92. The first kappa shape index (κ1) is 21.4. The van der Waals surface area contributed by atoms with Gasteiger partial charge in [0.1, 0.15) is 12.4 Å². The van der Waals surface area contributed by atoms with E-state index in [1.165, 1.54) is 0 Å². The van der Waals surface area contributed by atoms with E-state index in [1.54, 1.807) is 12.1 Å². The molecule has 1 aliphatic carbocycles. The largest absolute Gasteiger partial charge is 0.489 e. The monoisotopic (exact) mass is 421 g/mol.